The molecule has 4 rings (SSSR count). The van der Waals surface area contributed by atoms with E-state index in [1.54, 1.807) is 11.3 Å². The number of rotatable bonds is 4. The first-order valence-electron chi connectivity index (χ1n) is 7.10. The van der Waals surface area contributed by atoms with Crippen molar-refractivity contribution in [3.8, 4) is 0 Å². The Balaban J connectivity index is 1.82. The minimum Gasteiger partial charge on any atom is -0.347 e. The van der Waals surface area contributed by atoms with E-state index in [0.717, 1.165) is 17.7 Å². The second-order valence-electron chi connectivity index (χ2n) is 5.41. The van der Waals surface area contributed by atoms with Crippen molar-refractivity contribution in [2.24, 2.45) is 0 Å². The molecule has 0 aliphatic heterocycles. The molecule has 9 heteroatoms. The summed E-state index contributed by atoms with van der Waals surface area (Å²) in [6, 6.07) is 4.10. The number of anilines is 1. The predicted molar refractivity (Wildman–Crippen MR) is 80.2 cm³/mol. The van der Waals surface area contributed by atoms with Crippen molar-refractivity contribution in [1.82, 2.24) is 19.9 Å². The Labute approximate surface area is 133 Å². The van der Waals surface area contributed by atoms with Gasteiger partial charge in [0.1, 0.15) is 5.52 Å². The van der Waals surface area contributed by atoms with Crippen molar-refractivity contribution >= 4 is 28.3 Å². The normalized spacial score (nSPS) is 15.3. The van der Waals surface area contributed by atoms with Gasteiger partial charge in [0.25, 0.3) is 0 Å². The van der Waals surface area contributed by atoms with Gasteiger partial charge in [-0.05, 0) is 24.3 Å². The lowest BCUT2D eigenvalue weighted by Crippen LogP contribution is -2.27. The van der Waals surface area contributed by atoms with Crippen LogP contribution in [-0.4, -0.2) is 26.0 Å². The Hall–Kier alpha value is -2.16. The van der Waals surface area contributed by atoms with Gasteiger partial charge in [0.05, 0.1) is 12.9 Å². The topological polar surface area (TPSA) is 57.7 Å². The van der Waals surface area contributed by atoms with Crippen LogP contribution < -0.4 is 4.90 Å². The van der Waals surface area contributed by atoms with E-state index < -0.39 is 12.0 Å². The molecule has 3 aromatic heterocycles. The summed E-state index contributed by atoms with van der Waals surface area (Å²) in [6.07, 6.45) is -1.35. The third kappa shape index (κ3) is 2.76. The number of nitrogens with zero attached hydrogens (tertiary/aromatic N) is 4. The maximum Gasteiger partial charge on any atom is 0.451 e. The van der Waals surface area contributed by atoms with E-state index in [4.69, 9.17) is 0 Å². The van der Waals surface area contributed by atoms with Crippen molar-refractivity contribution in [3.63, 3.8) is 0 Å². The number of imidazole rings is 1. The zero-order valence-corrected chi connectivity index (χ0v) is 12.7. The molecule has 1 N–H and O–H groups in total. The number of halogens is 3. The minimum atomic E-state index is -4.60. The van der Waals surface area contributed by atoms with Gasteiger partial charge in [0.15, 0.2) is 11.5 Å². The zero-order chi connectivity index (χ0) is 16.0. The number of aromatic nitrogens is 4. The van der Waals surface area contributed by atoms with Crippen LogP contribution in [0.3, 0.4) is 0 Å². The molecule has 0 radical (unpaired) electrons. The molecule has 1 aliphatic rings. The first-order chi connectivity index (χ1) is 11.0. The largest absolute Gasteiger partial charge is 0.451 e. The van der Waals surface area contributed by atoms with Crippen LogP contribution in [0.15, 0.2) is 23.8 Å². The molecule has 1 saturated carbocycles. The second-order valence-corrected chi connectivity index (χ2v) is 6.44. The van der Waals surface area contributed by atoms with E-state index in [2.05, 4.69) is 19.9 Å². The van der Waals surface area contributed by atoms with E-state index in [9.17, 15) is 13.2 Å². The molecule has 0 amide bonds. The lowest BCUT2D eigenvalue weighted by atomic mass is 10.3. The highest BCUT2D eigenvalue weighted by atomic mass is 32.1. The van der Waals surface area contributed by atoms with E-state index in [0.29, 0.717) is 12.1 Å². The maximum absolute atomic E-state index is 13.1. The van der Waals surface area contributed by atoms with Gasteiger partial charge in [0, 0.05) is 10.9 Å². The zero-order valence-electron chi connectivity index (χ0n) is 11.8. The average molecular weight is 339 g/mol. The van der Waals surface area contributed by atoms with Crippen LogP contribution in [0.1, 0.15) is 23.5 Å². The fourth-order valence-electron chi connectivity index (χ4n) is 2.49. The summed E-state index contributed by atoms with van der Waals surface area (Å²) in [7, 11) is 0. The Kier molecular flexibility index (Phi) is 3.26. The SMILES string of the molecule is FC(F)(F)c1nc(N(Cc2cccs2)C2CC2)c2[nH]cnc2n1. The molecule has 1 aliphatic carbocycles. The van der Waals surface area contributed by atoms with Gasteiger partial charge in [-0.25, -0.2) is 15.0 Å². The van der Waals surface area contributed by atoms with E-state index in [1.165, 1.54) is 6.33 Å². The molecule has 0 saturated heterocycles. The average Bonchev–Trinajstić information content (AvgIpc) is 3.00. The van der Waals surface area contributed by atoms with E-state index >= 15 is 0 Å². The Morgan fingerprint density at radius 3 is 2.78 bits per heavy atom. The van der Waals surface area contributed by atoms with Gasteiger partial charge in [-0.3, -0.25) is 0 Å². The van der Waals surface area contributed by atoms with Crippen LogP contribution in [0.2, 0.25) is 0 Å². The first-order valence-corrected chi connectivity index (χ1v) is 7.97. The summed E-state index contributed by atoms with van der Waals surface area (Å²) in [6.45, 7) is 0.533. The minimum absolute atomic E-state index is 0.0409. The first kappa shape index (κ1) is 14.4. The van der Waals surface area contributed by atoms with Crippen molar-refractivity contribution in [3.05, 3.63) is 34.5 Å². The van der Waals surface area contributed by atoms with Gasteiger partial charge >= 0.3 is 6.18 Å². The molecule has 5 nitrogen and oxygen atoms in total. The van der Waals surface area contributed by atoms with Crippen LogP contribution in [0.25, 0.3) is 11.2 Å². The van der Waals surface area contributed by atoms with Crippen LogP contribution in [0, 0.1) is 0 Å². The molecule has 23 heavy (non-hydrogen) atoms. The highest BCUT2D eigenvalue weighted by Crippen LogP contribution is 2.37. The molecular formula is C14H12F3N5S. The number of H-pyrrole nitrogens is 1. The van der Waals surface area contributed by atoms with Crippen LogP contribution in [0.5, 0.6) is 0 Å². The number of hydrogen-bond acceptors (Lipinski definition) is 5. The number of alkyl halides is 3. The summed E-state index contributed by atoms with van der Waals surface area (Å²) in [5, 5.41) is 1.95. The summed E-state index contributed by atoms with van der Waals surface area (Å²) >= 11 is 1.58. The molecule has 0 aromatic carbocycles. The predicted octanol–water partition coefficient (Wildman–Crippen LogP) is 3.60. The Morgan fingerprint density at radius 1 is 1.30 bits per heavy atom. The van der Waals surface area contributed by atoms with E-state index in [-0.39, 0.29) is 17.5 Å². The molecule has 120 valence electrons. The van der Waals surface area contributed by atoms with Crippen molar-refractivity contribution in [1.29, 1.82) is 0 Å². The fraction of sp³-hybridized carbons (Fsp3) is 0.357. The quantitative estimate of drug-likeness (QED) is 0.789. The monoisotopic (exact) mass is 339 g/mol. The van der Waals surface area contributed by atoms with Crippen molar-refractivity contribution < 1.29 is 13.2 Å². The third-order valence-electron chi connectivity index (χ3n) is 3.69. The van der Waals surface area contributed by atoms with Crippen LogP contribution >= 0.6 is 11.3 Å². The molecular weight excluding hydrogens is 327 g/mol. The Morgan fingerprint density at radius 2 is 2.13 bits per heavy atom. The van der Waals surface area contributed by atoms with Crippen molar-refractivity contribution in [2.75, 3.05) is 4.90 Å². The lowest BCUT2D eigenvalue weighted by molar-refractivity contribution is -0.144. The van der Waals surface area contributed by atoms with Gasteiger partial charge in [-0.1, -0.05) is 6.07 Å². The molecule has 0 unspecified atom stereocenters. The molecule has 0 bridgehead atoms. The molecule has 0 atom stereocenters. The van der Waals surface area contributed by atoms with Gasteiger partial charge in [-0.2, -0.15) is 13.2 Å². The Bertz CT molecular complexity index is 823. The number of fused-ring (bicyclic) bond motifs is 1. The highest BCUT2D eigenvalue weighted by molar-refractivity contribution is 7.09. The molecule has 3 heterocycles. The highest BCUT2D eigenvalue weighted by Gasteiger charge is 2.38. The summed E-state index contributed by atoms with van der Waals surface area (Å²) in [5.41, 5.74) is 0.487. The van der Waals surface area contributed by atoms with Gasteiger partial charge in [-0.15, -0.1) is 11.3 Å². The van der Waals surface area contributed by atoms with Crippen molar-refractivity contribution in [2.45, 2.75) is 31.6 Å². The second kappa shape index (κ2) is 5.19. The lowest BCUT2D eigenvalue weighted by Gasteiger charge is -2.23. The molecule has 1 fully saturated rings. The fourth-order valence-corrected chi connectivity index (χ4v) is 3.19. The molecule has 3 aromatic rings. The number of nitrogens with one attached hydrogen (secondary N) is 1. The number of thiophene rings is 1. The number of hydrogen-bond donors (Lipinski definition) is 1. The maximum atomic E-state index is 13.1. The number of aromatic amines is 1. The molecule has 0 spiro atoms. The third-order valence-corrected chi connectivity index (χ3v) is 4.55. The summed E-state index contributed by atoms with van der Waals surface area (Å²) in [5.74, 6) is -0.875. The van der Waals surface area contributed by atoms with Gasteiger partial charge in [0.2, 0.25) is 5.82 Å². The van der Waals surface area contributed by atoms with Crippen LogP contribution in [-0.2, 0) is 12.7 Å². The van der Waals surface area contributed by atoms with E-state index in [1.807, 2.05) is 22.4 Å². The smallest absolute Gasteiger partial charge is 0.347 e. The van der Waals surface area contributed by atoms with Crippen LogP contribution in [0.4, 0.5) is 19.0 Å². The summed E-state index contributed by atoms with van der Waals surface area (Å²) in [4.78, 5) is 17.1. The standard InChI is InChI=1S/C14H12F3N5S/c15-14(16,17)13-20-11-10(18-7-19-11)12(21-13)22(8-3-4-8)6-9-2-1-5-23-9/h1-2,5,7-8H,3-4,6H2,(H,18,19,20,21). The summed E-state index contributed by atoms with van der Waals surface area (Å²) < 4.78 is 39.2. The van der Waals surface area contributed by atoms with Gasteiger partial charge < -0.3 is 9.88 Å².